The van der Waals surface area contributed by atoms with E-state index in [0.717, 1.165) is 11.1 Å². The summed E-state index contributed by atoms with van der Waals surface area (Å²) in [4.78, 5) is 29.4. The van der Waals surface area contributed by atoms with Crippen LogP contribution in [-0.2, 0) is 11.1 Å². The summed E-state index contributed by atoms with van der Waals surface area (Å²) in [7, 11) is 0. The van der Waals surface area contributed by atoms with Gasteiger partial charge in [0.25, 0.3) is 5.91 Å². The first-order valence-electron chi connectivity index (χ1n) is 11.1. The third-order valence-corrected chi connectivity index (χ3v) is 8.29. The van der Waals surface area contributed by atoms with E-state index < -0.39 is 17.0 Å². The monoisotopic (exact) mass is 512 g/mol. The van der Waals surface area contributed by atoms with Crippen molar-refractivity contribution in [2.45, 2.75) is 25.0 Å². The number of nitrogens with zero attached hydrogens (tertiary/aromatic N) is 4. The maximum absolute atomic E-state index is 14.3. The maximum Gasteiger partial charge on any atom is 0.257 e. The molecule has 0 aliphatic carbocycles. The smallest absolute Gasteiger partial charge is 0.257 e. The number of aromatic nitrogens is 2. The molecule has 2 unspecified atom stereocenters. The summed E-state index contributed by atoms with van der Waals surface area (Å²) in [6.07, 6.45) is 1.09. The number of nitrogens with two attached hydrogens (primary N) is 1. The molecule has 2 aliphatic rings. The van der Waals surface area contributed by atoms with E-state index >= 15 is 0 Å². The number of aliphatic imine (C=N–C) groups is 1. The highest BCUT2D eigenvalue weighted by atomic mass is 32.2. The molecule has 1 amide bonds. The summed E-state index contributed by atoms with van der Waals surface area (Å²) in [5.41, 5.74) is 4.46. The topological polar surface area (TPSA) is 117 Å². The zero-order chi connectivity index (χ0) is 24.8. The van der Waals surface area contributed by atoms with E-state index in [1.54, 1.807) is 12.1 Å². The lowest BCUT2D eigenvalue weighted by molar-refractivity contribution is 0.0693. The lowest BCUT2D eigenvalue weighted by Crippen LogP contribution is -2.42. The Morgan fingerprint density at radius 2 is 2.06 bits per heavy atom. The molecule has 11 heteroatoms. The van der Waals surface area contributed by atoms with Crippen LogP contribution in [0.5, 0.6) is 0 Å². The predicted molar refractivity (Wildman–Crippen MR) is 137 cm³/mol. The fraction of sp³-hybridized carbons (Fsp3) is 0.333. The summed E-state index contributed by atoms with van der Waals surface area (Å²) >= 11 is 2.96. The van der Waals surface area contributed by atoms with Crippen molar-refractivity contribution in [2.24, 2.45) is 10.9 Å². The van der Waals surface area contributed by atoms with Crippen LogP contribution >= 0.6 is 23.1 Å². The molecule has 5 rings (SSSR count). The number of thiophene rings is 1. The quantitative estimate of drug-likeness (QED) is 0.491. The number of aliphatic hydroxyl groups is 1. The van der Waals surface area contributed by atoms with Gasteiger partial charge in [-0.2, -0.15) is 0 Å². The van der Waals surface area contributed by atoms with Crippen LogP contribution in [0.1, 0.15) is 34.8 Å². The minimum atomic E-state index is -1.45. The summed E-state index contributed by atoms with van der Waals surface area (Å²) in [6.45, 7) is 4.00. The number of benzene rings is 1. The van der Waals surface area contributed by atoms with E-state index in [4.69, 9.17) is 10.7 Å². The van der Waals surface area contributed by atoms with Gasteiger partial charge in [0.05, 0.1) is 17.7 Å². The molecule has 182 valence electrons. The van der Waals surface area contributed by atoms with Crippen molar-refractivity contribution in [3.8, 4) is 0 Å². The molecular formula is C24H25FN6O2S2. The lowest BCUT2D eigenvalue weighted by atomic mass is 9.87. The normalized spacial score (nSPS) is 22.0. The van der Waals surface area contributed by atoms with Gasteiger partial charge in [0.2, 0.25) is 5.95 Å². The van der Waals surface area contributed by atoms with Gasteiger partial charge in [-0.25, -0.2) is 19.4 Å². The number of hydrogen-bond acceptors (Lipinski definition) is 9. The number of carbonyl (C=O) groups excluding carboxylic acids is 1. The van der Waals surface area contributed by atoms with Crippen LogP contribution in [-0.4, -0.2) is 45.0 Å². The number of amides is 1. The second kappa shape index (κ2) is 8.89. The van der Waals surface area contributed by atoms with E-state index in [0.29, 0.717) is 40.5 Å². The van der Waals surface area contributed by atoms with Crippen LogP contribution in [0.25, 0.3) is 0 Å². The van der Waals surface area contributed by atoms with Crippen LogP contribution in [0.2, 0.25) is 0 Å². The summed E-state index contributed by atoms with van der Waals surface area (Å²) in [5.74, 6) is 0.252. The van der Waals surface area contributed by atoms with Gasteiger partial charge in [-0.15, -0.1) is 11.3 Å². The molecule has 3 aromatic rings. The summed E-state index contributed by atoms with van der Waals surface area (Å²) < 4.78 is 14.3. The van der Waals surface area contributed by atoms with Crippen LogP contribution in [0, 0.1) is 11.7 Å². The van der Waals surface area contributed by atoms with Crippen LogP contribution in [0.3, 0.4) is 0 Å². The van der Waals surface area contributed by atoms with Crippen molar-refractivity contribution >= 4 is 45.1 Å². The van der Waals surface area contributed by atoms with E-state index in [2.05, 4.69) is 15.3 Å². The molecule has 1 aromatic carbocycles. The average Bonchev–Trinajstić information content (AvgIpc) is 3.43. The van der Waals surface area contributed by atoms with Gasteiger partial charge in [0, 0.05) is 28.7 Å². The Hall–Kier alpha value is -3.02. The van der Waals surface area contributed by atoms with Gasteiger partial charge < -0.3 is 21.1 Å². The molecule has 2 aromatic heterocycles. The van der Waals surface area contributed by atoms with Crippen LogP contribution in [0.15, 0.2) is 53.7 Å². The Balaban J connectivity index is 1.50. The van der Waals surface area contributed by atoms with Gasteiger partial charge >= 0.3 is 0 Å². The Morgan fingerprint density at radius 3 is 2.74 bits per heavy atom. The first kappa shape index (κ1) is 23.7. The number of halogens is 1. The second-order valence-electron chi connectivity index (χ2n) is 9.18. The number of fused-ring (bicyclic) bond motifs is 1. The Labute approximate surface area is 210 Å². The Morgan fingerprint density at radius 1 is 1.29 bits per heavy atom. The minimum absolute atomic E-state index is 0.0551. The number of thioether (sulfide) groups is 1. The molecule has 8 nitrogen and oxygen atoms in total. The molecule has 4 N–H and O–H groups in total. The molecule has 35 heavy (non-hydrogen) atoms. The standard InChI is InChI=1S/C24H25FN6O2S2/c1-23(2,33)19-16(25)10-27-21(28-19)31-11-15-12-34-22(29-20(32)14-6-4-3-5-7-14)30-24(15,13-31)17-8-9-18(26)35-17/h3-10,15,33H,11-13,26H2,1-2H3,(H,29,30,32). The van der Waals surface area contributed by atoms with E-state index in [1.165, 1.54) is 36.9 Å². The fourth-order valence-electron chi connectivity index (χ4n) is 4.45. The molecular weight excluding hydrogens is 487 g/mol. The van der Waals surface area contributed by atoms with Crippen LogP contribution in [0.4, 0.5) is 15.3 Å². The average molecular weight is 513 g/mol. The zero-order valence-corrected chi connectivity index (χ0v) is 20.9. The van der Waals surface area contributed by atoms with Gasteiger partial charge in [-0.1, -0.05) is 30.0 Å². The fourth-order valence-corrected chi connectivity index (χ4v) is 6.56. The highest BCUT2D eigenvalue weighted by Gasteiger charge is 2.52. The molecule has 1 fully saturated rings. The SMILES string of the molecule is CC(C)(O)c1nc(N2CC3CSC(NC(=O)c4ccccc4)=NC3(c3ccc(N)s3)C2)ncc1F. The van der Waals surface area contributed by atoms with Crippen molar-refractivity contribution in [3.63, 3.8) is 0 Å². The van der Waals surface area contributed by atoms with Crippen molar-refractivity contribution in [3.05, 3.63) is 70.6 Å². The molecule has 1 saturated heterocycles. The molecule has 0 saturated carbocycles. The number of hydrogen-bond donors (Lipinski definition) is 3. The molecule has 0 spiro atoms. The zero-order valence-electron chi connectivity index (χ0n) is 19.2. The van der Waals surface area contributed by atoms with E-state index in [-0.39, 0.29) is 17.5 Å². The molecule has 0 radical (unpaired) electrons. The number of nitrogen functional groups attached to an aromatic ring is 1. The first-order chi connectivity index (χ1) is 16.7. The van der Waals surface area contributed by atoms with Crippen molar-refractivity contribution in [2.75, 3.05) is 29.5 Å². The maximum atomic E-state index is 14.3. The number of anilines is 2. The Kier molecular flexibility index (Phi) is 6.02. The van der Waals surface area contributed by atoms with Gasteiger partial charge in [0.15, 0.2) is 11.0 Å². The molecule has 0 bridgehead atoms. The second-order valence-corrected chi connectivity index (χ2v) is 11.3. The number of nitrogens with one attached hydrogen (secondary N) is 1. The predicted octanol–water partition coefficient (Wildman–Crippen LogP) is 3.35. The van der Waals surface area contributed by atoms with Crippen LogP contribution < -0.4 is 16.0 Å². The number of rotatable bonds is 4. The molecule has 4 heterocycles. The first-order valence-corrected chi connectivity index (χ1v) is 12.9. The third-order valence-electron chi connectivity index (χ3n) is 6.17. The van der Waals surface area contributed by atoms with Crippen molar-refractivity contribution in [1.82, 2.24) is 15.3 Å². The summed E-state index contributed by atoms with van der Waals surface area (Å²) in [5, 5.41) is 14.5. The van der Waals surface area contributed by atoms with Gasteiger partial charge in [-0.3, -0.25) is 4.79 Å². The van der Waals surface area contributed by atoms with Crippen molar-refractivity contribution < 1.29 is 14.3 Å². The van der Waals surface area contributed by atoms with Gasteiger partial charge in [0.1, 0.15) is 16.8 Å². The minimum Gasteiger partial charge on any atom is -0.391 e. The Bertz CT molecular complexity index is 1290. The van der Waals surface area contributed by atoms with Gasteiger partial charge in [-0.05, 0) is 38.1 Å². The highest BCUT2D eigenvalue weighted by molar-refractivity contribution is 8.13. The third kappa shape index (κ3) is 4.51. The number of amidine groups is 1. The van der Waals surface area contributed by atoms with Crippen molar-refractivity contribution in [1.29, 1.82) is 0 Å². The van der Waals surface area contributed by atoms with E-state index in [9.17, 15) is 14.3 Å². The molecule has 2 aliphatic heterocycles. The molecule has 2 atom stereocenters. The number of carbonyl (C=O) groups is 1. The lowest BCUT2D eigenvalue weighted by Gasteiger charge is -2.34. The van der Waals surface area contributed by atoms with E-state index in [1.807, 2.05) is 35.2 Å². The largest absolute Gasteiger partial charge is 0.391 e. The summed E-state index contributed by atoms with van der Waals surface area (Å²) in [6, 6.07) is 12.8. The highest BCUT2D eigenvalue weighted by Crippen LogP contribution is 2.48.